The van der Waals surface area contributed by atoms with Gasteiger partial charge in [-0.15, -0.1) is 0 Å². The largest absolute Gasteiger partial charge is 0.437 e. The van der Waals surface area contributed by atoms with Gasteiger partial charge in [-0.25, -0.2) is 4.98 Å². The molecule has 0 amide bonds. The Morgan fingerprint density at radius 2 is 2.00 bits per heavy atom. The van der Waals surface area contributed by atoms with Crippen LogP contribution in [-0.4, -0.2) is 9.97 Å². The van der Waals surface area contributed by atoms with Gasteiger partial charge in [0.2, 0.25) is 5.88 Å². The lowest BCUT2D eigenvalue weighted by Crippen LogP contribution is -1.88. The molecule has 0 bridgehead atoms. The van der Waals surface area contributed by atoms with Crippen molar-refractivity contribution in [2.24, 2.45) is 0 Å². The number of aromatic nitrogens is 2. The Balaban J connectivity index is 2.22. The molecule has 0 aliphatic rings. The fraction of sp³-hybridized carbons (Fsp3) is 0. The summed E-state index contributed by atoms with van der Waals surface area (Å²) in [6.07, 6.45) is 3.33. The summed E-state index contributed by atoms with van der Waals surface area (Å²) in [5.41, 5.74) is 0. The van der Waals surface area contributed by atoms with Crippen molar-refractivity contribution in [2.45, 2.75) is 0 Å². The zero-order valence-electron chi connectivity index (χ0n) is 7.52. The first-order valence-electron chi connectivity index (χ1n) is 4.15. The van der Waals surface area contributed by atoms with Crippen LogP contribution in [0.1, 0.15) is 0 Å². The maximum Gasteiger partial charge on any atom is 0.220 e. The molecule has 0 N–H and O–H groups in total. The highest BCUT2D eigenvalue weighted by Crippen LogP contribution is 2.22. The highest BCUT2D eigenvalue weighted by atomic mass is 79.9. The van der Waals surface area contributed by atoms with Crippen LogP contribution in [0.4, 0.5) is 0 Å². The van der Waals surface area contributed by atoms with Gasteiger partial charge in [0.1, 0.15) is 10.4 Å². The lowest BCUT2D eigenvalue weighted by atomic mass is 10.4. The van der Waals surface area contributed by atoms with Crippen LogP contribution in [0.5, 0.6) is 11.6 Å². The molecule has 0 aliphatic carbocycles. The molecule has 2 rings (SSSR count). The van der Waals surface area contributed by atoms with E-state index >= 15 is 0 Å². The Morgan fingerprint density at radius 3 is 2.73 bits per heavy atom. The van der Waals surface area contributed by atoms with E-state index < -0.39 is 0 Å². The number of hydrogen-bond donors (Lipinski definition) is 0. The average molecular weight is 330 g/mol. The Bertz CT molecular complexity index is 433. The molecule has 0 aromatic carbocycles. The first-order chi connectivity index (χ1) is 7.24. The number of ether oxygens (including phenoxy) is 1. The fourth-order valence-corrected chi connectivity index (χ4v) is 1.69. The molecule has 0 fully saturated rings. The van der Waals surface area contributed by atoms with Crippen molar-refractivity contribution in [3.63, 3.8) is 0 Å². The third-order valence-electron chi connectivity index (χ3n) is 1.59. The molecule has 2 aromatic rings. The van der Waals surface area contributed by atoms with Gasteiger partial charge in [-0.2, -0.15) is 0 Å². The maximum atomic E-state index is 5.51. The second-order valence-electron chi connectivity index (χ2n) is 2.74. The van der Waals surface area contributed by atoms with Gasteiger partial charge in [-0.1, -0.05) is 6.07 Å². The van der Waals surface area contributed by atoms with E-state index in [0.29, 0.717) is 11.6 Å². The van der Waals surface area contributed by atoms with E-state index in [1.165, 1.54) is 0 Å². The van der Waals surface area contributed by atoms with Gasteiger partial charge in [-0.05, 0) is 44.0 Å². The monoisotopic (exact) mass is 328 g/mol. The topological polar surface area (TPSA) is 35.0 Å². The van der Waals surface area contributed by atoms with Crippen LogP contribution in [0.25, 0.3) is 0 Å². The zero-order chi connectivity index (χ0) is 10.7. The second-order valence-corrected chi connectivity index (χ2v) is 4.47. The lowest BCUT2D eigenvalue weighted by Gasteiger charge is -2.04. The Hall–Kier alpha value is -0.940. The first-order valence-corrected chi connectivity index (χ1v) is 5.73. The molecule has 0 unspecified atom stereocenters. The van der Waals surface area contributed by atoms with Gasteiger partial charge < -0.3 is 4.74 Å². The highest BCUT2D eigenvalue weighted by Gasteiger charge is 1.99. The predicted molar refractivity (Wildman–Crippen MR) is 63.9 cm³/mol. The third-order valence-corrected chi connectivity index (χ3v) is 2.47. The number of halogens is 2. The summed E-state index contributed by atoms with van der Waals surface area (Å²) in [5.74, 6) is 1.18. The van der Waals surface area contributed by atoms with Crippen LogP contribution >= 0.6 is 31.9 Å². The summed E-state index contributed by atoms with van der Waals surface area (Å²) in [6.45, 7) is 0. The number of rotatable bonds is 2. The molecular weight excluding hydrogens is 324 g/mol. The van der Waals surface area contributed by atoms with Crippen LogP contribution in [0.2, 0.25) is 0 Å². The molecule has 15 heavy (non-hydrogen) atoms. The van der Waals surface area contributed by atoms with Crippen LogP contribution in [-0.2, 0) is 0 Å². The van der Waals surface area contributed by atoms with E-state index in [-0.39, 0.29) is 0 Å². The quantitative estimate of drug-likeness (QED) is 0.786. The molecule has 0 radical (unpaired) electrons. The minimum Gasteiger partial charge on any atom is -0.437 e. The van der Waals surface area contributed by atoms with Crippen LogP contribution in [0.3, 0.4) is 0 Å². The van der Waals surface area contributed by atoms with Gasteiger partial charge in [0, 0.05) is 16.7 Å². The minimum atomic E-state index is 0.532. The van der Waals surface area contributed by atoms with Crippen LogP contribution in [0, 0.1) is 0 Å². The zero-order valence-corrected chi connectivity index (χ0v) is 10.7. The summed E-state index contributed by atoms with van der Waals surface area (Å²) >= 11 is 6.59. The summed E-state index contributed by atoms with van der Waals surface area (Å²) in [5, 5.41) is 0. The third kappa shape index (κ3) is 3.00. The predicted octanol–water partition coefficient (Wildman–Crippen LogP) is 3.79. The smallest absolute Gasteiger partial charge is 0.220 e. The molecule has 5 heteroatoms. The normalized spacial score (nSPS) is 10.0. The molecule has 2 aromatic heterocycles. The van der Waals surface area contributed by atoms with Gasteiger partial charge in [0.25, 0.3) is 0 Å². The highest BCUT2D eigenvalue weighted by molar-refractivity contribution is 9.10. The van der Waals surface area contributed by atoms with E-state index in [1.807, 2.05) is 18.2 Å². The van der Waals surface area contributed by atoms with Crippen molar-refractivity contribution >= 4 is 31.9 Å². The number of nitrogens with zero attached hydrogens (tertiary/aromatic N) is 2. The Labute approximate surface area is 104 Å². The first kappa shape index (κ1) is 10.6. The standard InChI is InChI=1S/C10H6Br2N2O/c11-7-4-8(6-13-5-7)15-10-3-1-2-9(12)14-10/h1-6H. The van der Waals surface area contributed by atoms with Gasteiger partial charge in [-0.3, -0.25) is 4.98 Å². The molecule has 0 saturated carbocycles. The molecule has 0 aliphatic heterocycles. The molecule has 3 nitrogen and oxygen atoms in total. The summed E-state index contributed by atoms with van der Waals surface area (Å²) in [4.78, 5) is 8.14. The molecule has 0 atom stereocenters. The van der Waals surface area contributed by atoms with Gasteiger partial charge in [0.05, 0.1) is 6.20 Å². The fourth-order valence-electron chi connectivity index (χ4n) is 1.02. The van der Waals surface area contributed by atoms with Crippen molar-refractivity contribution in [3.05, 3.63) is 45.7 Å². The van der Waals surface area contributed by atoms with Gasteiger partial charge >= 0.3 is 0 Å². The summed E-state index contributed by atoms with van der Waals surface area (Å²) < 4.78 is 7.12. The second kappa shape index (κ2) is 4.72. The van der Waals surface area contributed by atoms with Crippen molar-refractivity contribution in [2.75, 3.05) is 0 Å². The minimum absolute atomic E-state index is 0.532. The van der Waals surface area contributed by atoms with E-state index in [2.05, 4.69) is 41.8 Å². The molecule has 0 saturated heterocycles. The van der Waals surface area contributed by atoms with Crippen LogP contribution < -0.4 is 4.74 Å². The SMILES string of the molecule is Brc1cncc(Oc2cccc(Br)n2)c1. The Kier molecular flexibility index (Phi) is 3.33. The number of pyridine rings is 2. The molecular formula is C10H6Br2N2O. The Morgan fingerprint density at radius 1 is 1.13 bits per heavy atom. The van der Waals surface area contributed by atoms with Crippen molar-refractivity contribution in [1.82, 2.24) is 9.97 Å². The maximum absolute atomic E-state index is 5.51. The van der Waals surface area contributed by atoms with E-state index in [0.717, 1.165) is 9.08 Å². The van der Waals surface area contributed by atoms with E-state index in [9.17, 15) is 0 Å². The van der Waals surface area contributed by atoms with Gasteiger partial charge in [0.15, 0.2) is 0 Å². The van der Waals surface area contributed by atoms with E-state index in [4.69, 9.17) is 4.74 Å². The van der Waals surface area contributed by atoms with Crippen LogP contribution in [0.15, 0.2) is 45.7 Å². The van der Waals surface area contributed by atoms with E-state index in [1.54, 1.807) is 18.5 Å². The lowest BCUT2D eigenvalue weighted by molar-refractivity contribution is 0.459. The van der Waals surface area contributed by atoms with Crippen molar-refractivity contribution < 1.29 is 4.74 Å². The number of hydrogen-bond acceptors (Lipinski definition) is 3. The average Bonchev–Trinajstić information content (AvgIpc) is 2.17. The molecule has 0 spiro atoms. The summed E-state index contributed by atoms with van der Waals surface area (Å²) in [6, 6.07) is 7.31. The molecule has 76 valence electrons. The van der Waals surface area contributed by atoms with Crippen molar-refractivity contribution in [1.29, 1.82) is 0 Å². The van der Waals surface area contributed by atoms with Crippen molar-refractivity contribution in [3.8, 4) is 11.6 Å². The summed E-state index contributed by atoms with van der Waals surface area (Å²) in [7, 11) is 0. The molecule has 2 heterocycles.